The first kappa shape index (κ1) is 33.2. The normalized spacial score (nSPS) is 13.8. The van der Waals surface area contributed by atoms with Gasteiger partial charge in [0.05, 0.1) is 35.0 Å². The molecule has 0 saturated carbocycles. The van der Waals surface area contributed by atoms with Gasteiger partial charge >= 0.3 is 0 Å². The van der Waals surface area contributed by atoms with E-state index >= 15 is 0 Å². The topological polar surface area (TPSA) is 85.4 Å². The van der Waals surface area contributed by atoms with E-state index in [4.69, 9.17) is 23.9 Å². The largest absolute Gasteiger partial charge is 0.497 e. The predicted octanol–water partition coefficient (Wildman–Crippen LogP) is 5.82. The third-order valence-electron chi connectivity index (χ3n) is 8.37. The lowest BCUT2D eigenvalue weighted by atomic mass is 10.0. The van der Waals surface area contributed by atoms with Crippen LogP contribution in [0.25, 0.3) is 0 Å². The lowest BCUT2D eigenvalue weighted by Gasteiger charge is -2.32. The Morgan fingerprint density at radius 2 is 1.63 bits per heavy atom. The molecule has 1 fully saturated rings. The molecule has 4 aromatic rings. The van der Waals surface area contributed by atoms with Crippen molar-refractivity contribution >= 4 is 17.2 Å². The van der Waals surface area contributed by atoms with Crippen molar-refractivity contribution in [1.29, 1.82) is 0 Å². The molecule has 0 atom stereocenters. The second kappa shape index (κ2) is 16.4. The molecule has 46 heavy (non-hydrogen) atoms. The number of aromatic nitrogens is 1. The fraction of sp³-hybridized carbons (Fsp3) is 0.389. The number of methoxy groups -OCH3 is 4. The maximum absolute atomic E-state index is 13.2. The Morgan fingerprint density at radius 1 is 0.870 bits per heavy atom. The minimum absolute atomic E-state index is 0.0993. The molecular weight excluding hydrogens is 600 g/mol. The van der Waals surface area contributed by atoms with E-state index in [0.717, 1.165) is 73.1 Å². The number of nitrogens with one attached hydrogen (secondary N) is 1. The van der Waals surface area contributed by atoms with Crippen LogP contribution in [0.1, 0.15) is 45.0 Å². The van der Waals surface area contributed by atoms with E-state index in [0.29, 0.717) is 30.3 Å². The third-order valence-corrected chi connectivity index (χ3v) is 9.20. The monoisotopic (exact) mass is 644 g/mol. The van der Waals surface area contributed by atoms with Crippen molar-refractivity contribution in [2.24, 2.45) is 0 Å². The Balaban J connectivity index is 1.22. The number of amides is 1. The standard InChI is InChI=1S/C36H44N4O5S/c1-42-30-12-11-28(33(21-30)44-3)23-40(17-14-26-10-13-32(43-2)34(20-26)45-4)24-35-38-31(25-46-35)36(41)37-29-15-18-39(19-16-29)22-27-8-6-5-7-9-27/h5-13,20-21,25,29H,14-19,22-24H2,1-4H3,(H,37,41). The van der Waals surface area contributed by atoms with Crippen molar-refractivity contribution in [2.75, 3.05) is 48.1 Å². The van der Waals surface area contributed by atoms with Crippen LogP contribution in [-0.4, -0.2) is 74.8 Å². The molecule has 2 heterocycles. The molecule has 0 bridgehead atoms. The van der Waals surface area contributed by atoms with Crippen LogP contribution in [0.15, 0.2) is 72.1 Å². The summed E-state index contributed by atoms with van der Waals surface area (Å²) >= 11 is 1.52. The maximum atomic E-state index is 13.2. The minimum atomic E-state index is -0.0993. The molecule has 9 nitrogen and oxygen atoms in total. The van der Waals surface area contributed by atoms with Gasteiger partial charge in [0.25, 0.3) is 5.91 Å². The van der Waals surface area contributed by atoms with Gasteiger partial charge in [-0.1, -0.05) is 42.5 Å². The van der Waals surface area contributed by atoms with Crippen LogP contribution in [0.2, 0.25) is 0 Å². The molecular formula is C36H44N4O5S. The summed E-state index contributed by atoms with van der Waals surface area (Å²) in [6.45, 7) is 4.87. The highest BCUT2D eigenvalue weighted by Crippen LogP contribution is 2.29. The molecule has 1 amide bonds. The summed E-state index contributed by atoms with van der Waals surface area (Å²) in [5.41, 5.74) is 3.99. The van der Waals surface area contributed by atoms with Crippen LogP contribution in [-0.2, 0) is 26.1 Å². The summed E-state index contributed by atoms with van der Waals surface area (Å²) in [6, 6.07) is 22.6. The number of hydrogen-bond donors (Lipinski definition) is 1. The van der Waals surface area contributed by atoms with Crippen molar-refractivity contribution in [3.8, 4) is 23.0 Å². The van der Waals surface area contributed by atoms with Crippen LogP contribution in [0.5, 0.6) is 23.0 Å². The Kier molecular flexibility index (Phi) is 11.9. The molecule has 5 rings (SSSR count). The van der Waals surface area contributed by atoms with Crippen LogP contribution in [0.3, 0.4) is 0 Å². The maximum Gasteiger partial charge on any atom is 0.270 e. The molecule has 0 spiro atoms. The number of rotatable bonds is 15. The molecule has 1 aromatic heterocycles. The smallest absolute Gasteiger partial charge is 0.270 e. The molecule has 1 aliphatic heterocycles. The quantitative estimate of drug-likeness (QED) is 0.174. The molecule has 1 N–H and O–H groups in total. The average Bonchev–Trinajstić information content (AvgIpc) is 3.57. The van der Waals surface area contributed by atoms with E-state index in [-0.39, 0.29) is 11.9 Å². The summed E-state index contributed by atoms with van der Waals surface area (Å²) in [6.07, 6.45) is 2.66. The van der Waals surface area contributed by atoms with Crippen molar-refractivity contribution in [3.63, 3.8) is 0 Å². The van der Waals surface area contributed by atoms with Gasteiger partial charge < -0.3 is 24.3 Å². The van der Waals surface area contributed by atoms with Gasteiger partial charge in [-0.05, 0) is 48.6 Å². The van der Waals surface area contributed by atoms with Gasteiger partial charge in [0.1, 0.15) is 22.2 Å². The first-order valence-corrected chi connectivity index (χ1v) is 16.5. The Morgan fingerprint density at radius 3 is 2.35 bits per heavy atom. The zero-order valence-corrected chi connectivity index (χ0v) is 28.0. The Hall–Kier alpha value is -4.12. The summed E-state index contributed by atoms with van der Waals surface area (Å²) in [4.78, 5) is 22.7. The summed E-state index contributed by atoms with van der Waals surface area (Å²) in [7, 11) is 6.61. The number of likely N-dealkylation sites (tertiary alicyclic amines) is 1. The van der Waals surface area contributed by atoms with Crippen molar-refractivity contribution < 1.29 is 23.7 Å². The molecule has 0 aliphatic carbocycles. The zero-order valence-electron chi connectivity index (χ0n) is 27.2. The highest BCUT2D eigenvalue weighted by atomic mass is 32.1. The second-order valence-corrected chi connectivity index (χ2v) is 12.4. The van der Waals surface area contributed by atoms with Gasteiger partial charge in [-0.25, -0.2) is 4.98 Å². The summed E-state index contributed by atoms with van der Waals surface area (Å²) in [5.74, 6) is 2.83. The number of hydrogen-bond acceptors (Lipinski definition) is 9. The van der Waals surface area contributed by atoms with Crippen LogP contribution in [0.4, 0.5) is 0 Å². The van der Waals surface area contributed by atoms with Gasteiger partial charge in [-0.3, -0.25) is 14.6 Å². The van der Waals surface area contributed by atoms with Crippen LogP contribution in [0, 0.1) is 0 Å². The number of ether oxygens (including phenoxy) is 4. The fourth-order valence-electron chi connectivity index (χ4n) is 5.78. The Labute approximate surface area is 276 Å². The lowest BCUT2D eigenvalue weighted by Crippen LogP contribution is -2.44. The molecule has 3 aromatic carbocycles. The van der Waals surface area contributed by atoms with Gasteiger partial charge in [0.2, 0.25) is 0 Å². The Bertz CT molecular complexity index is 1560. The number of thiazole rings is 1. The fourth-order valence-corrected chi connectivity index (χ4v) is 6.59. The molecule has 244 valence electrons. The van der Waals surface area contributed by atoms with E-state index in [2.05, 4.69) is 45.4 Å². The summed E-state index contributed by atoms with van der Waals surface area (Å²) in [5, 5.41) is 6.00. The van der Waals surface area contributed by atoms with Crippen LogP contribution >= 0.6 is 11.3 Å². The molecule has 0 unspecified atom stereocenters. The number of carbonyl (C=O) groups is 1. The van der Waals surface area contributed by atoms with Crippen molar-refractivity contribution in [3.05, 3.63) is 99.5 Å². The number of benzene rings is 3. The number of piperidine rings is 1. The second-order valence-electron chi connectivity index (χ2n) is 11.5. The molecule has 10 heteroatoms. The molecule has 1 saturated heterocycles. The van der Waals surface area contributed by atoms with Gasteiger partial charge in [-0.15, -0.1) is 11.3 Å². The highest BCUT2D eigenvalue weighted by Gasteiger charge is 2.23. The van der Waals surface area contributed by atoms with Crippen LogP contribution < -0.4 is 24.3 Å². The van der Waals surface area contributed by atoms with E-state index < -0.39 is 0 Å². The van der Waals surface area contributed by atoms with E-state index in [1.54, 1.807) is 28.4 Å². The van der Waals surface area contributed by atoms with Crippen molar-refractivity contribution in [1.82, 2.24) is 20.1 Å². The van der Waals surface area contributed by atoms with Gasteiger partial charge in [0, 0.05) is 55.8 Å². The van der Waals surface area contributed by atoms with Gasteiger partial charge in [0.15, 0.2) is 11.5 Å². The first-order chi connectivity index (χ1) is 22.5. The number of nitrogens with zero attached hydrogens (tertiary/aromatic N) is 3. The number of carbonyl (C=O) groups excluding carboxylic acids is 1. The summed E-state index contributed by atoms with van der Waals surface area (Å²) < 4.78 is 22.0. The highest BCUT2D eigenvalue weighted by molar-refractivity contribution is 7.09. The lowest BCUT2D eigenvalue weighted by molar-refractivity contribution is 0.0904. The SMILES string of the molecule is COc1ccc(CN(CCc2ccc(OC)c(OC)c2)Cc2nc(C(=O)NC3CCN(Cc4ccccc4)CC3)cs2)c(OC)c1. The van der Waals surface area contributed by atoms with E-state index in [1.165, 1.54) is 16.9 Å². The zero-order chi connectivity index (χ0) is 32.3. The first-order valence-electron chi connectivity index (χ1n) is 15.6. The van der Waals surface area contributed by atoms with E-state index in [9.17, 15) is 4.79 Å². The van der Waals surface area contributed by atoms with Gasteiger partial charge in [-0.2, -0.15) is 0 Å². The van der Waals surface area contributed by atoms with Crippen molar-refractivity contribution in [2.45, 2.75) is 44.9 Å². The minimum Gasteiger partial charge on any atom is -0.497 e. The van der Waals surface area contributed by atoms with E-state index in [1.807, 2.05) is 41.8 Å². The predicted molar refractivity (Wildman–Crippen MR) is 181 cm³/mol. The average molecular weight is 645 g/mol. The third kappa shape index (κ3) is 8.99. The molecule has 1 aliphatic rings. The molecule has 0 radical (unpaired) electrons.